The summed E-state index contributed by atoms with van der Waals surface area (Å²) in [6.07, 6.45) is 0. The number of amides is 1. The molecule has 0 bridgehead atoms. The van der Waals surface area contributed by atoms with Crippen molar-refractivity contribution in [2.75, 3.05) is 12.4 Å². The fraction of sp³-hybridized carbons (Fsp3) is 0.0952. The summed E-state index contributed by atoms with van der Waals surface area (Å²) in [6.45, 7) is 0. The lowest BCUT2D eigenvalue weighted by Gasteiger charge is -2.17. The fourth-order valence-electron chi connectivity index (χ4n) is 2.43. The molecule has 3 aromatic carbocycles. The maximum atomic E-state index is 12.9. The van der Waals surface area contributed by atoms with E-state index in [-0.39, 0.29) is 11.2 Å². The smallest absolute Gasteiger partial charge is 0.242 e. The zero-order valence-corrected chi connectivity index (χ0v) is 15.8. The monoisotopic (exact) mass is 383 g/mol. The second-order valence-electron chi connectivity index (χ2n) is 5.58. The van der Waals surface area contributed by atoms with Crippen LogP contribution in [-0.2, 0) is 4.79 Å². The van der Waals surface area contributed by atoms with E-state index in [2.05, 4.69) is 5.32 Å². The van der Waals surface area contributed by atoms with Crippen LogP contribution < -0.4 is 10.1 Å². The van der Waals surface area contributed by atoms with Crippen molar-refractivity contribution in [3.05, 3.63) is 89.4 Å². The number of halogens is 1. The van der Waals surface area contributed by atoms with Gasteiger partial charge in [0, 0.05) is 15.6 Å². The fourth-order valence-corrected chi connectivity index (χ4v) is 3.58. The Labute approximate surface area is 162 Å². The third-order valence-electron chi connectivity index (χ3n) is 3.77. The first-order chi connectivity index (χ1) is 12.7. The first-order valence-electron chi connectivity index (χ1n) is 8.08. The molecule has 0 spiro atoms. The number of hydrogen-bond acceptors (Lipinski definition) is 3. The quantitative estimate of drug-likeness (QED) is 0.545. The summed E-state index contributed by atoms with van der Waals surface area (Å²) in [6, 6.07) is 24.5. The highest BCUT2D eigenvalue weighted by molar-refractivity contribution is 8.00. The molecular weight excluding hydrogens is 366 g/mol. The molecule has 0 fully saturated rings. The third kappa shape index (κ3) is 4.81. The Morgan fingerprint density at radius 3 is 2.23 bits per heavy atom. The average molecular weight is 384 g/mol. The number of carbonyl (C=O) groups is 1. The zero-order valence-electron chi connectivity index (χ0n) is 14.2. The molecule has 3 rings (SSSR count). The Bertz CT molecular complexity index is 851. The SMILES string of the molecule is COc1ccc(NC(=O)[C@H](Sc2ccc(Cl)cc2)c2ccccc2)cc1. The minimum Gasteiger partial charge on any atom is -0.497 e. The van der Waals surface area contributed by atoms with Crippen LogP contribution in [0.4, 0.5) is 5.69 Å². The number of ether oxygens (including phenoxy) is 1. The number of benzene rings is 3. The number of thioether (sulfide) groups is 1. The van der Waals surface area contributed by atoms with Crippen molar-refractivity contribution in [3.8, 4) is 5.75 Å². The summed E-state index contributed by atoms with van der Waals surface area (Å²) in [5.74, 6) is 0.666. The normalized spacial score (nSPS) is 11.6. The summed E-state index contributed by atoms with van der Waals surface area (Å²) in [5, 5.41) is 3.28. The van der Waals surface area contributed by atoms with Crippen molar-refractivity contribution in [3.63, 3.8) is 0 Å². The van der Waals surface area contributed by atoms with Crippen LogP contribution in [-0.4, -0.2) is 13.0 Å². The summed E-state index contributed by atoms with van der Waals surface area (Å²) in [5.41, 5.74) is 1.67. The van der Waals surface area contributed by atoms with E-state index in [4.69, 9.17) is 16.3 Å². The van der Waals surface area contributed by atoms with Crippen molar-refractivity contribution in [2.24, 2.45) is 0 Å². The highest BCUT2D eigenvalue weighted by Gasteiger charge is 2.22. The molecule has 3 nitrogen and oxygen atoms in total. The van der Waals surface area contributed by atoms with Gasteiger partial charge in [0.15, 0.2) is 0 Å². The lowest BCUT2D eigenvalue weighted by molar-refractivity contribution is -0.115. The molecule has 1 atom stereocenters. The van der Waals surface area contributed by atoms with Crippen molar-refractivity contribution in [2.45, 2.75) is 10.1 Å². The number of anilines is 1. The third-order valence-corrected chi connectivity index (χ3v) is 5.28. The largest absolute Gasteiger partial charge is 0.497 e. The molecule has 3 aromatic rings. The van der Waals surface area contributed by atoms with Crippen LogP contribution in [0.15, 0.2) is 83.8 Å². The van der Waals surface area contributed by atoms with Crippen molar-refractivity contribution < 1.29 is 9.53 Å². The number of methoxy groups -OCH3 is 1. The molecule has 26 heavy (non-hydrogen) atoms. The van der Waals surface area contributed by atoms with E-state index in [1.165, 1.54) is 11.8 Å². The van der Waals surface area contributed by atoms with Crippen LogP contribution in [0.2, 0.25) is 5.02 Å². The number of carbonyl (C=O) groups excluding carboxylic acids is 1. The number of nitrogens with one attached hydrogen (secondary N) is 1. The van der Waals surface area contributed by atoms with E-state index in [1.54, 1.807) is 7.11 Å². The van der Waals surface area contributed by atoms with Gasteiger partial charge >= 0.3 is 0 Å². The van der Waals surface area contributed by atoms with Crippen LogP contribution in [0.25, 0.3) is 0 Å². The van der Waals surface area contributed by atoms with E-state index in [0.717, 1.165) is 21.9 Å². The van der Waals surface area contributed by atoms with Crippen molar-refractivity contribution in [1.82, 2.24) is 0 Å². The molecule has 0 aliphatic rings. The van der Waals surface area contributed by atoms with Crippen molar-refractivity contribution >= 4 is 35.0 Å². The molecule has 132 valence electrons. The van der Waals surface area contributed by atoms with Crippen molar-refractivity contribution in [1.29, 1.82) is 0 Å². The van der Waals surface area contributed by atoms with Crippen LogP contribution in [0.1, 0.15) is 10.8 Å². The predicted octanol–water partition coefficient (Wildman–Crippen LogP) is 5.82. The summed E-state index contributed by atoms with van der Waals surface area (Å²) >= 11 is 7.45. The highest BCUT2D eigenvalue weighted by atomic mass is 35.5. The Morgan fingerprint density at radius 2 is 1.62 bits per heavy atom. The van der Waals surface area contributed by atoms with E-state index in [0.29, 0.717) is 5.02 Å². The molecule has 0 aromatic heterocycles. The lowest BCUT2D eigenvalue weighted by Crippen LogP contribution is -2.19. The average Bonchev–Trinajstić information content (AvgIpc) is 2.68. The van der Waals surface area contributed by atoms with E-state index >= 15 is 0 Å². The Hall–Kier alpha value is -2.43. The van der Waals surface area contributed by atoms with Crippen LogP contribution in [0.3, 0.4) is 0 Å². The predicted molar refractivity (Wildman–Crippen MR) is 108 cm³/mol. The molecule has 0 heterocycles. The molecular formula is C21H18ClNO2S. The Balaban J connectivity index is 1.81. The first kappa shape index (κ1) is 18.4. The molecule has 0 saturated heterocycles. The zero-order chi connectivity index (χ0) is 18.4. The molecule has 0 aliphatic heterocycles. The minimum absolute atomic E-state index is 0.0821. The second kappa shape index (κ2) is 8.79. The lowest BCUT2D eigenvalue weighted by atomic mass is 10.1. The summed E-state index contributed by atoms with van der Waals surface area (Å²) in [7, 11) is 1.61. The second-order valence-corrected chi connectivity index (χ2v) is 7.20. The number of hydrogen-bond donors (Lipinski definition) is 1. The molecule has 0 aliphatic carbocycles. The molecule has 0 saturated carbocycles. The maximum absolute atomic E-state index is 12.9. The molecule has 0 radical (unpaired) electrons. The van der Waals surface area contributed by atoms with Gasteiger partial charge in [-0.1, -0.05) is 41.9 Å². The molecule has 5 heteroatoms. The molecule has 1 N–H and O–H groups in total. The highest BCUT2D eigenvalue weighted by Crippen LogP contribution is 2.36. The van der Waals surface area contributed by atoms with Gasteiger partial charge in [0.2, 0.25) is 5.91 Å². The van der Waals surface area contributed by atoms with Gasteiger partial charge in [-0.05, 0) is 54.1 Å². The summed E-state index contributed by atoms with van der Waals surface area (Å²) < 4.78 is 5.15. The van der Waals surface area contributed by atoms with Gasteiger partial charge in [0.1, 0.15) is 11.0 Å². The maximum Gasteiger partial charge on any atom is 0.242 e. The van der Waals surface area contributed by atoms with E-state index in [1.807, 2.05) is 78.9 Å². The van der Waals surface area contributed by atoms with Gasteiger partial charge in [0.25, 0.3) is 0 Å². The van der Waals surface area contributed by atoms with Gasteiger partial charge in [-0.15, -0.1) is 11.8 Å². The summed E-state index contributed by atoms with van der Waals surface area (Å²) in [4.78, 5) is 13.9. The van der Waals surface area contributed by atoms with Crippen LogP contribution >= 0.6 is 23.4 Å². The molecule has 1 amide bonds. The number of rotatable bonds is 6. The van der Waals surface area contributed by atoms with E-state index < -0.39 is 0 Å². The topological polar surface area (TPSA) is 38.3 Å². The Morgan fingerprint density at radius 1 is 0.962 bits per heavy atom. The van der Waals surface area contributed by atoms with E-state index in [9.17, 15) is 4.79 Å². The standard InChI is InChI=1S/C21H18ClNO2S/c1-25-18-11-9-17(10-12-18)23-21(24)20(15-5-3-2-4-6-15)26-19-13-7-16(22)8-14-19/h2-14,20H,1H3,(H,23,24)/t20-/m1/s1. The first-order valence-corrected chi connectivity index (χ1v) is 9.33. The van der Waals surface area contributed by atoms with Crippen LogP contribution in [0, 0.1) is 0 Å². The Kier molecular flexibility index (Phi) is 6.21. The van der Waals surface area contributed by atoms with Gasteiger partial charge in [-0.3, -0.25) is 4.79 Å². The van der Waals surface area contributed by atoms with Gasteiger partial charge in [-0.25, -0.2) is 0 Å². The minimum atomic E-state index is -0.375. The van der Waals surface area contributed by atoms with Gasteiger partial charge in [0.05, 0.1) is 7.11 Å². The van der Waals surface area contributed by atoms with Crippen LogP contribution in [0.5, 0.6) is 5.75 Å². The van der Waals surface area contributed by atoms with Gasteiger partial charge < -0.3 is 10.1 Å². The molecule has 0 unspecified atom stereocenters. The van der Waals surface area contributed by atoms with Gasteiger partial charge in [-0.2, -0.15) is 0 Å².